The summed E-state index contributed by atoms with van der Waals surface area (Å²) in [6.07, 6.45) is -1.42. The first-order valence-corrected chi connectivity index (χ1v) is 5.09. The Hall–Kier alpha value is -1.14. The molecule has 1 heterocycles. The van der Waals surface area contributed by atoms with Crippen molar-refractivity contribution in [3.8, 4) is 0 Å². The molecule has 0 aromatic rings. The Balaban J connectivity index is 2.40. The molecule has 0 amide bonds. The Morgan fingerprint density at radius 3 is 2.62 bits per heavy atom. The van der Waals surface area contributed by atoms with Gasteiger partial charge in [0, 0.05) is 20.3 Å². The lowest BCUT2D eigenvalue weighted by molar-refractivity contribution is -0.178. The fourth-order valence-electron chi connectivity index (χ4n) is 1.49. The van der Waals surface area contributed by atoms with Crippen molar-refractivity contribution < 1.29 is 28.9 Å². The van der Waals surface area contributed by atoms with Gasteiger partial charge in [-0.05, 0) is 0 Å². The van der Waals surface area contributed by atoms with Gasteiger partial charge in [-0.15, -0.1) is 0 Å². The highest BCUT2D eigenvalue weighted by atomic mass is 16.6. The van der Waals surface area contributed by atoms with E-state index in [2.05, 4.69) is 0 Å². The van der Waals surface area contributed by atoms with Crippen molar-refractivity contribution in [1.29, 1.82) is 0 Å². The van der Waals surface area contributed by atoms with Crippen molar-refractivity contribution in [3.63, 3.8) is 0 Å². The standard InChI is InChI=1S/C10H16O6/c1-6(11)14-4-8-3-10(16-7(2)12)9(13)5-15-8/h8-10,13H,3-5H2,1-2H3/t8-,9+,10-/m0/s1. The zero-order valence-electron chi connectivity index (χ0n) is 9.34. The topological polar surface area (TPSA) is 82.1 Å². The van der Waals surface area contributed by atoms with E-state index in [4.69, 9.17) is 14.2 Å². The van der Waals surface area contributed by atoms with Crippen LogP contribution in [0.1, 0.15) is 20.3 Å². The van der Waals surface area contributed by atoms with Crippen LogP contribution in [0.3, 0.4) is 0 Å². The van der Waals surface area contributed by atoms with Gasteiger partial charge in [0.15, 0.2) is 0 Å². The smallest absolute Gasteiger partial charge is 0.302 e. The van der Waals surface area contributed by atoms with Gasteiger partial charge in [0.1, 0.15) is 18.8 Å². The summed E-state index contributed by atoms with van der Waals surface area (Å²) in [4.78, 5) is 21.4. The number of ether oxygens (including phenoxy) is 3. The van der Waals surface area contributed by atoms with Crippen molar-refractivity contribution in [2.75, 3.05) is 13.2 Å². The molecule has 6 nitrogen and oxygen atoms in total. The van der Waals surface area contributed by atoms with E-state index in [1.807, 2.05) is 0 Å². The van der Waals surface area contributed by atoms with Crippen LogP contribution in [0.2, 0.25) is 0 Å². The van der Waals surface area contributed by atoms with Crippen LogP contribution in [0.5, 0.6) is 0 Å². The van der Waals surface area contributed by atoms with E-state index in [1.54, 1.807) is 0 Å². The first-order chi connectivity index (χ1) is 7.49. The highest BCUT2D eigenvalue weighted by molar-refractivity contribution is 5.66. The maximum absolute atomic E-state index is 10.8. The van der Waals surface area contributed by atoms with Crippen LogP contribution in [0.25, 0.3) is 0 Å². The minimum Gasteiger partial charge on any atom is -0.463 e. The Morgan fingerprint density at radius 2 is 2.06 bits per heavy atom. The van der Waals surface area contributed by atoms with Gasteiger partial charge in [-0.25, -0.2) is 0 Å². The van der Waals surface area contributed by atoms with Gasteiger partial charge in [-0.2, -0.15) is 0 Å². The summed E-state index contributed by atoms with van der Waals surface area (Å²) in [7, 11) is 0. The van der Waals surface area contributed by atoms with Gasteiger partial charge in [0.25, 0.3) is 0 Å². The first kappa shape index (κ1) is 12.9. The van der Waals surface area contributed by atoms with Gasteiger partial charge in [-0.1, -0.05) is 0 Å². The maximum atomic E-state index is 10.8. The minimum absolute atomic E-state index is 0.0733. The molecular formula is C10H16O6. The third kappa shape index (κ3) is 4.16. The van der Waals surface area contributed by atoms with Crippen molar-refractivity contribution in [2.45, 2.75) is 38.6 Å². The van der Waals surface area contributed by atoms with Crippen LogP contribution < -0.4 is 0 Å². The maximum Gasteiger partial charge on any atom is 0.302 e. The lowest BCUT2D eigenvalue weighted by Gasteiger charge is -2.32. The lowest BCUT2D eigenvalue weighted by Crippen LogP contribution is -2.45. The highest BCUT2D eigenvalue weighted by Crippen LogP contribution is 2.18. The van der Waals surface area contributed by atoms with E-state index < -0.39 is 24.1 Å². The first-order valence-electron chi connectivity index (χ1n) is 5.09. The second-order valence-corrected chi connectivity index (χ2v) is 3.71. The molecule has 0 radical (unpaired) electrons. The molecule has 1 N–H and O–H groups in total. The van der Waals surface area contributed by atoms with Crippen molar-refractivity contribution in [2.24, 2.45) is 0 Å². The highest BCUT2D eigenvalue weighted by Gasteiger charge is 2.32. The molecule has 3 atom stereocenters. The second kappa shape index (κ2) is 5.81. The van der Waals surface area contributed by atoms with Crippen molar-refractivity contribution >= 4 is 11.9 Å². The average molecular weight is 232 g/mol. The summed E-state index contributed by atoms with van der Waals surface area (Å²) in [5.41, 5.74) is 0. The SMILES string of the molecule is CC(=O)OC[C@@H]1C[C@H](OC(C)=O)[C@H](O)CO1. The molecule has 0 aromatic carbocycles. The van der Waals surface area contributed by atoms with Crippen LogP contribution >= 0.6 is 0 Å². The van der Waals surface area contributed by atoms with Crippen LogP contribution in [0.4, 0.5) is 0 Å². The molecule has 6 heteroatoms. The molecule has 0 aliphatic carbocycles. The number of esters is 2. The summed E-state index contributed by atoms with van der Waals surface area (Å²) in [6.45, 7) is 2.77. The number of carbonyl (C=O) groups excluding carboxylic acids is 2. The molecular weight excluding hydrogens is 216 g/mol. The summed E-state index contributed by atoms with van der Waals surface area (Å²) < 4.78 is 14.9. The van der Waals surface area contributed by atoms with Gasteiger partial charge in [0.05, 0.1) is 12.7 Å². The molecule has 1 aliphatic rings. The van der Waals surface area contributed by atoms with E-state index in [-0.39, 0.29) is 19.3 Å². The van der Waals surface area contributed by atoms with Crippen molar-refractivity contribution in [1.82, 2.24) is 0 Å². The van der Waals surface area contributed by atoms with E-state index in [0.717, 1.165) is 0 Å². The largest absolute Gasteiger partial charge is 0.463 e. The molecule has 1 fully saturated rings. The lowest BCUT2D eigenvalue weighted by atomic mass is 10.0. The van der Waals surface area contributed by atoms with Crippen LogP contribution in [-0.4, -0.2) is 48.6 Å². The Kier molecular flexibility index (Phi) is 4.70. The second-order valence-electron chi connectivity index (χ2n) is 3.71. The van der Waals surface area contributed by atoms with E-state index >= 15 is 0 Å². The summed E-state index contributed by atoms with van der Waals surface area (Å²) in [6, 6.07) is 0. The number of hydrogen-bond donors (Lipinski definition) is 1. The minimum atomic E-state index is -0.822. The number of carbonyl (C=O) groups is 2. The van der Waals surface area contributed by atoms with Crippen molar-refractivity contribution in [3.05, 3.63) is 0 Å². The zero-order chi connectivity index (χ0) is 12.1. The zero-order valence-corrected chi connectivity index (χ0v) is 9.34. The van der Waals surface area contributed by atoms with Gasteiger partial charge < -0.3 is 19.3 Å². The average Bonchev–Trinajstić information content (AvgIpc) is 2.18. The number of hydrogen-bond acceptors (Lipinski definition) is 6. The fraction of sp³-hybridized carbons (Fsp3) is 0.800. The summed E-state index contributed by atoms with van der Waals surface area (Å²) in [5.74, 6) is -0.837. The Morgan fingerprint density at radius 1 is 1.38 bits per heavy atom. The number of rotatable bonds is 3. The van der Waals surface area contributed by atoms with Crippen LogP contribution in [-0.2, 0) is 23.8 Å². The molecule has 92 valence electrons. The Bertz CT molecular complexity index is 264. The van der Waals surface area contributed by atoms with E-state index in [1.165, 1.54) is 13.8 Å². The predicted molar refractivity (Wildman–Crippen MR) is 52.6 cm³/mol. The molecule has 0 spiro atoms. The summed E-state index contributed by atoms with van der Waals surface area (Å²) in [5, 5.41) is 9.50. The molecule has 0 bridgehead atoms. The normalized spacial score (nSPS) is 29.6. The monoisotopic (exact) mass is 232 g/mol. The third-order valence-corrected chi connectivity index (χ3v) is 2.22. The van der Waals surface area contributed by atoms with E-state index in [9.17, 15) is 14.7 Å². The number of aliphatic hydroxyl groups is 1. The van der Waals surface area contributed by atoms with Crippen LogP contribution in [0.15, 0.2) is 0 Å². The molecule has 1 aliphatic heterocycles. The van der Waals surface area contributed by atoms with Crippen LogP contribution in [0, 0.1) is 0 Å². The molecule has 1 saturated heterocycles. The summed E-state index contributed by atoms with van der Waals surface area (Å²) >= 11 is 0. The predicted octanol–water partition coefficient (Wildman–Crippen LogP) is -0.369. The molecule has 0 aromatic heterocycles. The fourth-order valence-corrected chi connectivity index (χ4v) is 1.49. The number of aliphatic hydroxyl groups excluding tert-OH is 1. The Labute approximate surface area is 93.5 Å². The molecule has 0 saturated carbocycles. The molecule has 1 rings (SSSR count). The van der Waals surface area contributed by atoms with Gasteiger partial charge in [-0.3, -0.25) is 9.59 Å². The van der Waals surface area contributed by atoms with Gasteiger partial charge >= 0.3 is 11.9 Å². The third-order valence-electron chi connectivity index (χ3n) is 2.22. The molecule has 0 unspecified atom stereocenters. The van der Waals surface area contributed by atoms with Gasteiger partial charge in [0.2, 0.25) is 0 Å². The molecule has 16 heavy (non-hydrogen) atoms. The quantitative estimate of drug-likeness (QED) is 0.669. The van der Waals surface area contributed by atoms with E-state index in [0.29, 0.717) is 6.42 Å².